The summed E-state index contributed by atoms with van der Waals surface area (Å²) in [5, 5.41) is 4.29. The van der Waals surface area contributed by atoms with Crippen molar-refractivity contribution in [1.29, 1.82) is 0 Å². The van der Waals surface area contributed by atoms with Gasteiger partial charge in [0.1, 0.15) is 6.04 Å². The zero-order valence-electron chi connectivity index (χ0n) is 10.7. The number of nitrogens with zero attached hydrogens (tertiary/aromatic N) is 4. The van der Waals surface area contributed by atoms with E-state index < -0.39 is 0 Å². The molecular weight excluding hydrogens is 228 g/mol. The second kappa shape index (κ2) is 5.70. The van der Waals surface area contributed by atoms with Gasteiger partial charge >= 0.3 is 0 Å². The first kappa shape index (κ1) is 12.7. The van der Waals surface area contributed by atoms with Gasteiger partial charge in [-0.2, -0.15) is 5.10 Å². The summed E-state index contributed by atoms with van der Waals surface area (Å²) in [6.07, 6.45) is 6.27. The maximum atomic E-state index is 5.64. The quantitative estimate of drug-likeness (QED) is 0.606. The second-order valence-corrected chi connectivity index (χ2v) is 4.16. The third kappa shape index (κ3) is 2.55. The summed E-state index contributed by atoms with van der Waals surface area (Å²) in [6.45, 7) is 4.88. The molecule has 0 aromatic carbocycles. The monoisotopic (exact) mass is 246 g/mol. The van der Waals surface area contributed by atoms with E-state index in [1.54, 1.807) is 18.6 Å². The Kier molecular flexibility index (Phi) is 4.01. The first-order valence-corrected chi connectivity index (χ1v) is 6.02. The molecule has 0 amide bonds. The van der Waals surface area contributed by atoms with Gasteiger partial charge in [-0.15, -0.1) is 0 Å². The molecule has 6 heteroatoms. The topological polar surface area (TPSA) is 81.7 Å². The lowest BCUT2D eigenvalue weighted by molar-refractivity contribution is 0.514. The fourth-order valence-electron chi connectivity index (χ4n) is 1.86. The van der Waals surface area contributed by atoms with Crippen LogP contribution < -0.4 is 11.3 Å². The summed E-state index contributed by atoms with van der Waals surface area (Å²) in [5.74, 6) is 5.64. The van der Waals surface area contributed by atoms with E-state index in [0.717, 1.165) is 30.0 Å². The van der Waals surface area contributed by atoms with Crippen molar-refractivity contribution in [1.82, 2.24) is 25.2 Å². The predicted molar refractivity (Wildman–Crippen MR) is 68.5 cm³/mol. The van der Waals surface area contributed by atoms with E-state index in [-0.39, 0.29) is 6.04 Å². The lowest BCUT2D eigenvalue weighted by Crippen LogP contribution is -2.31. The average Bonchev–Trinajstić information content (AvgIpc) is 2.82. The molecule has 18 heavy (non-hydrogen) atoms. The van der Waals surface area contributed by atoms with Gasteiger partial charge in [-0.1, -0.05) is 6.92 Å². The van der Waals surface area contributed by atoms with Crippen LogP contribution in [0.15, 0.2) is 24.7 Å². The lowest BCUT2D eigenvalue weighted by Gasteiger charge is -2.16. The minimum atomic E-state index is -0.188. The smallest absolute Gasteiger partial charge is 0.106 e. The van der Waals surface area contributed by atoms with Crippen molar-refractivity contribution >= 4 is 0 Å². The van der Waals surface area contributed by atoms with Gasteiger partial charge < -0.3 is 0 Å². The zero-order chi connectivity index (χ0) is 13.0. The van der Waals surface area contributed by atoms with Crippen LogP contribution in [0.3, 0.4) is 0 Å². The first-order chi connectivity index (χ1) is 8.76. The molecular formula is C12H18N6. The van der Waals surface area contributed by atoms with E-state index in [2.05, 4.69) is 27.4 Å². The van der Waals surface area contributed by atoms with Gasteiger partial charge in [-0.3, -0.25) is 20.5 Å². The Morgan fingerprint density at radius 3 is 2.83 bits per heavy atom. The van der Waals surface area contributed by atoms with E-state index in [4.69, 9.17) is 5.84 Å². The van der Waals surface area contributed by atoms with Crippen LogP contribution in [0.4, 0.5) is 0 Å². The molecule has 0 radical (unpaired) electrons. The highest BCUT2D eigenvalue weighted by atomic mass is 15.3. The van der Waals surface area contributed by atoms with Crippen LogP contribution in [0.1, 0.15) is 36.5 Å². The van der Waals surface area contributed by atoms with Gasteiger partial charge in [-0.25, -0.2) is 5.43 Å². The maximum Gasteiger partial charge on any atom is 0.106 e. The SMILES string of the molecule is CCCn1nccc1C(NN)c1cnc(C)cn1. The van der Waals surface area contributed by atoms with Gasteiger partial charge in [0.15, 0.2) is 0 Å². The summed E-state index contributed by atoms with van der Waals surface area (Å²) in [6, 6.07) is 1.76. The molecule has 2 aromatic heterocycles. The van der Waals surface area contributed by atoms with Gasteiger partial charge in [0.2, 0.25) is 0 Å². The van der Waals surface area contributed by atoms with Crippen molar-refractivity contribution < 1.29 is 0 Å². The van der Waals surface area contributed by atoms with E-state index in [9.17, 15) is 0 Å². The number of hydrazine groups is 1. The fourth-order valence-corrected chi connectivity index (χ4v) is 1.86. The van der Waals surface area contributed by atoms with Crippen molar-refractivity contribution in [2.24, 2.45) is 5.84 Å². The van der Waals surface area contributed by atoms with Crippen molar-refractivity contribution in [2.75, 3.05) is 0 Å². The van der Waals surface area contributed by atoms with E-state index in [0.29, 0.717) is 0 Å². The first-order valence-electron chi connectivity index (χ1n) is 6.02. The van der Waals surface area contributed by atoms with Crippen LogP contribution in [-0.4, -0.2) is 19.7 Å². The summed E-state index contributed by atoms with van der Waals surface area (Å²) < 4.78 is 1.94. The minimum Gasteiger partial charge on any atom is -0.270 e. The van der Waals surface area contributed by atoms with Crippen LogP contribution in [0.25, 0.3) is 0 Å². The predicted octanol–water partition coefficient (Wildman–Crippen LogP) is 0.944. The van der Waals surface area contributed by atoms with Gasteiger partial charge in [0.25, 0.3) is 0 Å². The van der Waals surface area contributed by atoms with E-state index in [1.165, 1.54) is 0 Å². The van der Waals surface area contributed by atoms with Crippen molar-refractivity contribution in [3.8, 4) is 0 Å². The molecule has 1 atom stereocenters. The molecule has 0 aliphatic carbocycles. The normalized spacial score (nSPS) is 12.6. The lowest BCUT2D eigenvalue weighted by atomic mass is 10.1. The molecule has 96 valence electrons. The number of aromatic nitrogens is 4. The molecule has 0 saturated heterocycles. The highest BCUT2D eigenvalue weighted by molar-refractivity contribution is 5.19. The average molecular weight is 246 g/mol. The third-order valence-electron chi connectivity index (χ3n) is 2.74. The molecule has 2 heterocycles. The van der Waals surface area contributed by atoms with E-state index >= 15 is 0 Å². The maximum absolute atomic E-state index is 5.64. The number of hydrogen-bond donors (Lipinski definition) is 2. The molecule has 0 aliphatic rings. The molecule has 2 aromatic rings. The zero-order valence-corrected chi connectivity index (χ0v) is 10.7. The van der Waals surface area contributed by atoms with Crippen LogP contribution in [0.5, 0.6) is 0 Å². The molecule has 0 fully saturated rings. The van der Waals surface area contributed by atoms with Crippen molar-refractivity contribution in [2.45, 2.75) is 32.9 Å². The molecule has 6 nitrogen and oxygen atoms in total. The van der Waals surface area contributed by atoms with Gasteiger partial charge in [-0.05, 0) is 19.4 Å². The Bertz CT molecular complexity index is 490. The molecule has 0 saturated carbocycles. The van der Waals surface area contributed by atoms with Crippen molar-refractivity contribution in [3.05, 3.63) is 41.7 Å². The minimum absolute atomic E-state index is 0.188. The van der Waals surface area contributed by atoms with Crippen LogP contribution in [0, 0.1) is 6.92 Å². The number of nitrogens with one attached hydrogen (secondary N) is 1. The largest absolute Gasteiger partial charge is 0.270 e. The molecule has 3 N–H and O–H groups in total. The standard InChI is InChI=1S/C12H18N6/c1-3-6-18-11(4-5-16-18)12(17-13)10-8-14-9(2)7-15-10/h4-5,7-8,12,17H,3,6,13H2,1-2H3. The van der Waals surface area contributed by atoms with Gasteiger partial charge in [0.05, 0.1) is 23.3 Å². The molecule has 0 spiro atoms. The highest BCUT2D eigenvalue weighted by Crippen LogP contribution is 2.18. The highest BCUT2D eigenvalue weighted by Gasteiger charge is 2.18. The Balaban J connectivity index is 2.32. The second-order valence-electron chi connectivity index (χ2n) is 4.16. The number of nitrogens with two attached hydrogens (primary N) is 1. The van der Waals surface area contributed by atoms with Crippen LogP contribution in [-0.2, 0) is 6.54 Å². The number of rotatable bonds is 5. The number of aryl methyl sites for hydroxylation is 2. The van der Waals surface area contributed by atoms with E-state index in [1.807, 2.05) is 17.7 Å². The van der Waals surface area contributed by atoms with Crippen LogP contribution >= 0.6 is 0 Å². The third-order valence-corrected chi connectivity index (χ3v) is 2.74. The Morgan fingerprint density at radius 1 is 1.39 bits per heavy atom. The van der Waals surface area contributed by atoms with Crippen LogP contribution in [0.2, 0.25) is 0 Å². The molecule has 1 unspecified atom stereocenters. The summed E-state index contributed by atoms with van der Waals surface area (Å²) in [7, 11) is 0. The van der Waals surface area contributed by atoms with Gasteiger partial charge in [0, 0.05) is 18.9 Å². The summed E-state index contributed by atoms with van der Waals surface area (Å²) in [4.78, 5) is 8.61. The molecule has 0 aliphatic heterocycles. The summed E-state index contributed by atoms with van der Waals surface area (Å²) in [5.41, 5.74) is 5.45. The molecule has 2 rings (SSSR count). The Hall–Kier alpha value is -1.79. The fraction of sp³-hybridized carbons (Fsp3) is 0.417. The summed E-state index contributed by atoms with van der Waals surface area (Å²) >= 11 is 0. The van der Waals surface area contributed by atoms with Crippen molar-refractivity contribution in [3.63, 3.8) is 0 Å². The number of hydrogen-bond acceptors (Lipinski definition) is 5. The Morgan fingerprint density at radius 2 is 2.22 bits per heavy atom. The molecule has 0 bridgehead atoms. The Labute approximate surface area is 106 Å².